The minimum atomic E-state index is 0.819. The van der Waals surface area contributed by atoms with Gasteiger partial charge in [-0.05, 0) is 31.7 Å². The van der Waals surface area contributed by atoms with E-state index in [1.807, 2.05) is 6.07 Å². The lowest BCUT2D eigenvalue weighted by molar-refractivity contribution is 0.312. The van der Waals surface area contributed by atoms with Crippen LogP contribution < -0.4 is 10.2 Å². The lowest BCUT2D eigenvalue weighted by Gasteiger charge is -2.33. The summed E-state index contributed by atoms with van der Waals surface area (Å²) in [7, 11) is 2.15. The number of rotatable bonds is 3. The second-order valence-corrected chi connectivity index (χ2v) is 6.50. The monoisotopic (exact) mass is 361 g/mol. The van der Waals surface area contributed by atoms with Gasteiger partial charge in [0.2, 0.25) is 0 Å². The molecule has 1 aliphatic heterocycles. The predicted molar refractivity (Wildman–Crippen MR) is 93.9 cm³/mol. The van der Waals surface area contributed by atoms with Crippen molar-refractivity contribution in [1.82, 2.24) is 14.9 Å². The van der Waals surface area contributed by atoms with E-state index >= 15 is 0 Å². The molecule has 22 heavy (non-hydrogen) atoms. The molecule has 1 aromatic heterocycles. The van der Waals surface area contributed by atoms with Crippen LogP contribution in [-0.4, -0.2) is 48.1 Å². The molecule has 1 saturated heterocycles. The molecule has 6 heteroatoms. The number of nitrogens with one attached hydrogen (secondary N) is 1. The number of aromatic nitrogens is 2. The third-order valence-corrected chi connectivity index (χ3v) is 4.78. The fourth-order valence-corrected chi connectivity index (χ4v) is 2.82. The average Bonchev–Trinajstić information content (AvgIpc) is 2.52. The van der Waals surface area contributed by atoms with E-state index in [9.17, 15) is 0 Å². The van der Waals surface area contributed by atoms with Gasteiger partial charge in [-0.2, -0.15) is 0 Å². The molecule has 0 atom stereocenters. The summed E-state index contributed by atoms with van der Waals surface area (Å²) in [6.07, 6.45) is 1.62. The highest BCUT2D eigenvalue weighted by Crippen LogP contribution is 2.24. The number of halogens is 1. The molecular formula is C16H20BrN5. The number of hydrogen-bond donors (Lipinski definition) is 1. The van der Waals surface area contributed by atoms with Crippen molar-refractivity contribution >= 4 is 33.3 Å². The highest BCUT2D eigenvalue weighted by atomic mass is 79.9. The van der Waals surface area contributed by atoms with Crippen LogP contribution in [0.5, 0.6) is 0 Å². The van der Waals surface area contributed by atoms with Crippen molar-refractivity contribution in [3.05, 3.63) is 40.6 Å². The van der Waals surface area contributed by atoms with Crippen molar-refractivity contribution in [3.8, 4) is 0 Å². The summed E-state index contributed by atoms with van der Waals surface area (Å²) in [5.41, 5.74) is 2.23. The molecule has 1 N–H and O–H groups in total. The lowest BCUT2D eigenvalue weighted by atomic mass is 10.2. The van der Waals surface area contributed by atoms with Crippen LogP contribution in [0.15, 0.2) is 35.1 Å². The highest BCUT2D eigenvalue weighted by molar-refractivity contribution is 9.10. The van der Waals surface area contributed by atoms with Gasteiger partial charge in [0, 0.05) is 42.4 Å². The SMILES string of the molecule is Cc1ccc(Nc2cc(N3CCN(C)CC3)ncn2)cc1Br. The van der Waals surface area contributed by atoms with Crippen LogP contribution in [0, 0.1) is 6.92 Å². The number of piperazine rings is 1. The van der Waals surface area contributed by atoms with Crippen molar-refractivity contribution < 1.29 is 0 Å². The Bertz CT molecular complexity index is 653. The summed E-state index contributed by atoms with van der Waals surface area (Å²) >= 11 is 3.56. The quantitative estimate of drug-likeness (QED) is 0.909. The largest absolute Gasteiger partial charge is 0.354 e. The van der Waals surface area contributed by atoms with Crippen molar-refractivity contribution in [1.29, 1.82) is 0 Å². The van der Waals surface area contributed by atoms with Gasteiger partial charge in [0.05, 0.1) is 0 Å². The van der Waals surface area contributed by atoms with Gasteiger partial charge in [0.25, 0.3) is 0 Å². The van der Waals surface area contributed by atoms with Crippen LogP contribution in [0.4, 0.5) is 17.3 Å². The van der Waals surface area contributed by atoms with E-state index in [1.54, 1.807) is 6.33 Å². The first-order valence-electron chi connectivity index (χ1n) is 7.40. The smallest absolute Gasteiger partial charge is 0.135 e. The first-order valence-corrected chi connectivity index (χ1v) is 8.20. The number of aryl methyl sites for hydroxylation is 1. The van der Waals surface area contributed by atoms with E-state index in [0.717, 1.165) is 48.0 Å². The molecule has 2 heterocycles. The minimum absolute atomic E-state index is 0.819. The molecule has 0 spiro atoms. The highest BCUT2D eigenvalue weighted by Gasteiger charge is 2.15. The van der Waals surface area contributed by atoms with Crippen molar-refractivity contribution in [2.75, 3.05) is 43.4 Å². The maximum Gasteiger partial charge on any atom is 0.135 e. The van der Waals surface area contributed by atoms with Gasteiger partial charge in [-0.15, -0.1) is 0 Å². The number of likely N-dealkylation sites (N-methyl/N-ethyl adjacent to an activating group) is 1. The summed E-state index contributed by atoms with van der Waals surface area (Å²) in [4.78, 5) is 13.4. The molecule has 0 saturated carbocycles. The predicted octanol–water partition coefficient (Wildman–Crippen LogP) is 3.04. The van der Waals surface area contributed by atoms with Gasteiger partial charge >= 0.3 is 0 Å². The molecule has 0 amide bonds. The number of nitrogens with zero attached hydrogens (tertiary/aromatic N) is 4. The Balaban J connectivity index is 1.74. The Labute approximate surface area is 139 Å². The van der Waals surface area contributed by atoms with Crippen LogP contribution >= 0.6 is 15.9 Å². The first kappa shape index (κ1) is 15.2. The Kier molecular flexibility index (Phi) is 4.59. The summed E-state index contributed by atoms with van der Waals surface area (Å²) < 4.78 is 1.09. The topological polar surface area (TPSA) is 44.3 Å². The molecule has 1 aromatic carbocycles. The zero-order valence-corrected chi connectivity index (χ0v) is 14.5. The Morgan fingerprint density at radius 3 is 2.59 bits per heavy atom. The van der Waals surface area contributed by atoms with Gasteiger partial charge in [-0.1, -0.05) is 22.0 Å². The number of hydrogen-bond acceptors (Lipinski definition) is 5. The van der Waals surface area contributed by atoms with E-state index in [2.05, 4.69) is 73.2 Å². The van der Waals surface area contributed by atoms with E-state index < -0.39 is 0 Å². The maximum absolute atomic E-state index is 4.41. The van der Waals surface area contributed by atoms with Crippen molar-refractivity contribution in [2.24, 2.45) is 0 Å². The molecule has 5 nitrogen and oxygen atoms in total. The molecule has 1 fully saturated rings. The molecule has 0 aliphatic carbocycles. The first-order chi connectivity index (χ1) is 10.6. The summed E-state index contributed by atoms with van der Waals surface area (Å²) in [5, 5.41) is 3.34. The molecule has 3 rings (SSSR count). The summed E-state index contributed by atoms with van der Waals surface area (Å²) in [5.74, 6) is 1.80. The molecule has 1 aliphatic rings. The summed E-state index contributed by atoms with van der Waals surface area (Å²) in [6.45, 7) is 6.21. The zero-order chi connectivity index (χ0) is 15.5. The summed E-state index contributed by atoms with van der Waals surface area (Å²) in [6, 6.07) is 8.21. The van der Waals surface area contributed by atoms with Crippen molar-refractivity contribution in [2.45, 2.75) is 6.92 Å². The van der Waals surface area contributed by atoms with E-state index in [1.165, 1.54) is 5.56 Å². The number of benzene rings is 1. The van der Waals surface area contributed by atoms with Gasteiger partial charge in [-0.25, -0.2) is 9.97 Å². The minimum Gasteiger partial charge on any atom is -0.354 e. The third-order valence-electron chi connectivity index (χ3n) is 3.92. The van der Waals surface area contributed by atoms with Gasteiger partial charge in [-0.3, -0.25) is 0 Å². The zero-order valence-electron chi connectivity index (χ0n) is 12.9. The molecule has 0 radical (unpaired) electrons. The number of anilines is 3. The van der Waals surface area contributed by atoms with Crippen LogP contribution in [0.1, 0.15) is 5.56 Å². The Hall–Kier alpha value is -1.66. The Morgan fingerprint density at radius 1 is 1.09 bits per heavy atom. The van der Waals surface area contributed by atoms with E-state index in [4.69, 9.17) is 0 Å². The fraction of sp³-hybridized carbons (Fsp3) is 0.375. The van der Waals surface area contributed by atoms with Crippen LogP contribution in [0.25, 0.3) is 0 Å². The molecule has 116 valence electrons. The molecular weight excluding hydrogens is 342 g/mol. The third kappa shape index (κ3) is 3.56. The second kappa shape index (κ2) is 6.62. The Morgan fingerprint density at radius 2 is 1.86 bits per heavy atom. The van der Waals surface area contributed by atoms with Crippen molar-refractivity contribution in [3.63, 3.8) is 0 Å². The van der Waals surface area contributed by atoms with E-state index in [-0.39, 0.29) is 0 Å². The van der Waals surface area contributed by atoms with Crippen LogP contribution in [0.3, 0.4) is 0 Å². The average molecular weight is 362 g/mol. The molecule has 0 bridgehead atoms. The normalized spacial score (nSPS) is 15.9. The molecule has 0 unspecified atom stereocenters. The standard InChI is InChI=1S/C16H20BrN5/c1-12-3-4-13(9-14(12)17)20-15-10-16(19-11-18-15)22-7-5-21(2)6-8-22/h3-4,9-11H,5-8H2,1-2H3,(H,18,19,20). The second-order valence-electron chi connectivity index (χ2n) is 5.64. The van der Waals surface area contributed by atoms with Crippen LogP contribution in [0.2, 0.25) is 0 Å². The van der Waals surface area contributed by atoms with Gasteiger partial charge < -0.3 is 15.1 Å². The van der Waals surface area contributed by atoms with Gasteiger partial charge in [0.1, 0.15) is 18.0 Å². The van der Waals surface area contributed by atoms with E-state index in [0.29, 0.717) is 0 Å². The van der Waals surface area contributed by atoms with Crippen LogP contribution in [-0.2, 0) is 0 Å². The molecule has 2 aromatic rings. The lowest BCUT2D eigenvalue weighted by Crippen LogP contribution is -2.44. The maximum atomic E-state index is 4.41. The fourth-order valence-electron chi connectivity index (χ4n) is 2.44. The van der Waals surface area contributed by atoms with Gasteiger partial charge in [0.15, 0.2) is 0 Å².